The molecular formula is C22H22N4O2S. The van der Waals surface area contributed by atoms with Gasteiger partial charge in [-0.05, 0) is 56.2 Å². The molecule has 1 amide bonds. The number of amides is 1. The van der Waals surface area contributed by atoms with Gasteiger partial charge in [0.25, 0.3) is 5.22 Å². The van der Waals surface area contributed by atoms with Crippen molar-refractivity contribution in [2.24, 2.45) is 0 Å². The van der Waals surface area contributed by atoms with E-state index in [1.54, 1.807) is 11.8 Å². The molecule has 0 N–H and O–H groups in total. The second-order valence-corrected chi connectivity index (χ2v) is 7.96. The van der Waals surface area contributed by atoms with Crippen molar-refractivity contribution in [3.8, 4) is 17.5 Å². The van der Waals surface area contributed by atoms with Crippen LogP contribution in [0.3, 0.4) is 0 Å². The highest BCUT2D eigenvalue weighted by molar-refractivity contribution is 8.00. The van der Waals surface area contributed by atoms with Gasteiger partial charge in [-0.15, -0.1) is 10.2 Å². The van der Waals surface area contributed by atoms with Crippen molar-refractivity contribution >= 4 is 23.4 Å². The number of aryl methyl sites for hydroxylation is 2. The Hall–Kier alpha value is -3.11. The van der Waals surface area contributed by atoms with E-state index in [-0.39, 0.29) is 12.3 Å². The topological polar surface area (TPSA) is 83.0 Å². The average Bonchev–Trinajstić information content (AvgIpc) is 3.19. The fourth-order valence-corrected chi connectivity index (χ4v) is 3.55. The van der Waals surface area contributed by atoms with Crippen LogP contribution in [0.15, 0.2) is 58.2 Å². The molecule has 7 heteroatoms. The van der Waals surface area contributed by atoms with Gasteiger partial charge in [0.1, 0.15) is 0 Å². The van der Waals surface area contributed by atoms with Gasteiger partial charge in [0.05, 0.1) is 17.7 Å². The first-order chi connectivity index (χ1) is 14.0. The fourth-order valence-electron chi connectivity index (χ4n) is 2.81. The van der Waals surface area contributed by atoms with Crippen molar-refractivity contribution in [1.82, 2.24) is 10.2 Å². The molecule has 0 radical (unpaired) electrons. The zero-order valence-corrected chi connectivity index (χ0v) is 17.4. The third-order valence-corrected chi connectivity index (χ3v) is 5.49. The first-order valence-electron chi connectivity index (χ1n) is 9.30. The van der Waals surface area contributed by atoms with E-state index in [0.29, 0.717) is 17.7 Å². The number of rotatable bonds is 7. The summed E-state index contributed by atoms with van der Waals surface area (Å²) in [6.45, 7) is 6.22. The molecule has 2 aromatic carbocycles. The van der Waals surface area contributed by atoms with Crippen LogP contribution in [0.25, 0.3) is 11.5 Å². The first kappa shape index (κ1) is 20.6. The number of para-hydroxylation sites is 1. The van der Waals surface area contributed by atoms with Crippen LogP contribution in [0.1, 0.15) is 24.5 Å². The summed E-state index contributed by atoms with van der Waals surface area (Å²) in [4.78, 5) is 14.6. The Morgan fingerprint density at radius 3 is 2.62 bits per heavy atom. The Bertz CT molecular complexity index is 1030. The molecule has 0 aliphatic carbocycles. The molecule has 148 valence electrons. The van der Waals surface area contributed by atoms with Crippen LogP contribution in [-0.4, -0.2) is 27.9 Å². The SMILES string of the molecule is Cc1ccc(-c2nnc(S[C@H](C)C(=O)N(CCC#N)c3ccccc3)o2)cc1C. The van der Waals surface area contributed by atoms with Gasteiger partial charge in [-0.1, -0.05) is 36.0 Å². The Balaban J connectivity index is 1.74. The molecule has 0 saturated carbocycles. The van der Waals surface area contributed by atoms with Gasteiger partial charge in [-0.25, -0.2) is 0 Å². The summed E-state index contributed by atoms with van der Waals surface area (Å²) < 4.78 is 5.77. The molecule has 0 aliphatic heterocycles. The molecule has 6 nitrogen and oxygen atoms in total. The number of hydrogen-bond acceptors (Lipinski definition) is 6. The van der Waals surface area contributed by atoms with E-state index in [4.69, 9.17) is 9.68 Å². The smallest absolute Gasteiger partial charge is 0.277 e. The van der Waals surface area contributed by atoms with E-state index in [9.17, 15) is 4.79 Å². The maximum absolute atomic E-state index is 13.0. The molecule has 0 aliphatic rings. The highest BCUT2D eigenvalue weighted by Crippen LogP contribution is 2.29. The standard InChI is InChI=1S/C22H22N4O2S/c1-15-10-11-18(14-16(15)2)20-24-25-22(28-20)29-17(3)21(27)26(13-7-12-23)19-8-5-4-6-9-19/h4-6,8-11,14,17H,7,13H2,1-3H3/t17-/m1/s1. The molecule has 0 unspecified atom stereocenters. The van der Waals surface area contributed by atoms with Crippen LogP contribution in [-0.2, 0) is 4.79 Å². The van der Waals surface area contributed by atoms with Gasteiger partial charge >= 0.3 is 0 Å². The van der Waals surface area contributed by atoms with Crippen molar-refractivity contribution in [2.75, 3.05) is 11.4 Å². The number of carbonyl (C=O) groups is 1. The second-order valence-electron chi connectivity index (χ2n) is 6.67. The summed E-state index contributed by atoms with van der Waals surface area (Å²) >= 11 is 1.22. The number of benzene rings is 2. The second kappa shape index (κ2) is 9.39. The normalized spacial score (nSPS) is 11.7. The van der Waals surface area contributed by atoms with Crippen LogP contribution in [0.5, 0.6) is 0 Å². The van der Waals surface area contributed by atoms with Gasteiger partial charge in [0, 0.05) is 17.8 Å². The maximum atomic E-state index is 13.0. The van der Waals surface area contributed by atoms with E-state index >= 15 is 0 Å². The first-order valence-corrected chi connectivity index (χ1v) is 10.2. The fraction of sp³-hybridized carbons (Fsp3) is 0.273. The Morgan fingerprint density at radius 1 is 1.17 bits per heavy atom. The highest BCUT2D eigenvalue weighted by Gasteiger charge is 2.25. The number of carbonyl (C=O) groups excluding carboxylic acids is 1. The molecule has 3 aromatic rings. The minimum atomic E-state index is -0.443. The lowest BCUT2D eigenvalue weighted by atomic mass is 10.1. The number of anilines is 1. The van der Waals surface area contributed by atoms with Crippen LogP contribution < -0.4 is 4.90 Å². The number of nitrogens with zero attached hydrogens (tertiary/aromatic N) is 4. The van der Waals surface area contributed by atoms with Gasteiger partial charge in [0.15, 0.2) is 0 Å². The summed E-state index contributed by atoms with van der Waals surface area (Å²) in [5.74, 6) is 0.321. The average molecular weight is 407 g/mol. The zero-order chi connectivity index (χ0) is 20.8. The van der Waals surface area contributed by atoms with Crippen LogP contribution in [0.2, 0.25) is 0 Å². The molecule has 0 bridgehead atoms. The molecule has 3 rings (SSSR count). The summed E-state index contributed by atoms with van der Waals surface area (Å²) in [6, 6.07) is 17.4. The molecule has 1 aromatic heterocycles. The van der Waals surface area contributed by atoms with E-state index in [1.807, 2.05) is 62.4 Å². The van der Waals surface area contributed by atoms with E-state index < -0.39 is 5.25 Å². The maximum Gasteiger partial charge on any atom is 0.277 e. The minimum Gasteiger partial charge on any atom is -0.411 e. The minimum absolute atomic E-state index is 0.109. The summed E-state index contributed by atoms with van der Waals surface area (Å²) in [7, 11) is 0. The van der Waals surface area contributed by atoms with Crippen molar-refractivity contribution in [2.45, 2.75) is 37.7 Å². The Labute approximate surface area is 174 Å². The largest absolute Gasteiger partial charge is 0.411 e. The van der Waals surface area contributed by atoms with Gasteiger partial charge in [-0.3, -0.25) is 4.79 Å². The predicted octanol–water partition coefficient (Wildman–Crippen LogP) is 4.78. The molecular weight excluding hydrogens is 384 g/mol. The van der Waals surface area contributed by atoms with Gasteiger partial charge < -0.3 is 9.32 Å². The van der Waals surface area contributed by atoms with Crippen LogP contribution in [0, 0.1) is 25.2 Å². The number of thioether (sulfide) groups is 1. The van der Waals surface area contributed by atoms with Gasteiger partial charge in [0.2, 0.25) is 11.8 Å². The summed E-state index contributed by atoms with van der Waals surface area (Å²) in [5.41, 5.74) is 3.96. The summed E-state index contributed by atoms with van der Waals surface area (Å²) in [6.07, 6.45) is 0.259. The Morgan fingerprint density at radius 2 is 1.93 bits per heavy atom. The molecule has 1 atom stereocenters. The lowest BCUT2D eigenvalue weighted by molar-refractivity contribution is -0.117. The Kier molecular flexibility index (Phi) is 6.68. The van der Waals surface area contributed by atoms with E-state index in [2.05, 4.69) is 16.3 Å². The number of hydrogen-bond donors (Lipinski definition) is 0. The molecule has 29 heavy (non-hydrogen) atoms. The molecule has 0 saturated heterocycles. The quantitative estimate of drug-likeness (QED) is 0.525. The predicted molar refractivity (Wildman–Crippen MR) is 114 cm³/mol. The monoisotopic (exact) mass is 406 g/mol. The third-order valence-electron chi connectivity index (χ3n) is 4.57. The molecule has 0 fully saturated rings. The number of aromatic nitrogens is 2. The van der Waals surface area contributed by atoms with Gasteiger partial charge in [-0.2, -0.15) is 5.26 Å². The van der Waals surface area contributed by atoms with Crippen molar-refractivity contribution in [3.05, 3.63) is 59.7 Å². The zero-order valence-electron chi connectivity index (χ0n) is 16.6. The van der Waals surface area contributed by atoms with E-state index in [0.717, 1.165) is 16.8 Å². The van der Waals surface area contributed by atoms with Crippen LogP contribution >= 0.6 is 11.8 Å². The van der Waals surface area contributed by atoms with Crippen molar-refractivity contribution < 1.29 is 9.21 Å². The van der Waals surface area contributed by atoms with Crippen molar-refractivity contribution in [3.63, 3.8) is 0 Å². The third kappa shape index (κ3) is 5.04. The van der Waals surface area contributed by atoms with Crippen molar-refractivity contribution in [1.29, 1.82) is 5.26 Å². The lowest BCUT2D eigenvalue weighted by Gasteiger charge is -2.24. The van der Waals surface area contributed by atoms with E-state index in [1.165, 1.54) is 17.3 Å². The molecule has 0 spiro atoms. The van der Waals surface area contributed by atoms with Crippen LogP contribution in [0.4, 0.5) is 5.69 Å². The summed E-state index contributed by atoms with van der Waals surface area (Å²) in [5, 5.41) is 17.0. The highest BCUT2D eigenvalue weighted by atomic mass is 32.2. The number of nitriles is 1. The molecule has 1 heterocycles. The lowest BCUT2D eigenvalue weighted by Crippen LogP contribution is -2.37.